The summed E-state index contributed by atoms with van der Waals surface area (Å²) in [5.74, 6) is 0.496. The molecule has 3 aromatic rings. The van der Waals surface area contributed by atoms with E-state index in [1.54, 1.807) is 13.2 Å². The Bertz CT molecular complexity index is 864. The second-order valence-corrected chi connectivity index (χ2v) is 5.41. The van der Waals surface area contributed by atoms with Crippen LogP contribution in [-0.2, 0) is 4.74 Å². The van der Waals surface area contributed by atoms with E-state index in [9.17, 15) is 4.79 Å². The minimum atomic E-state index is -0.325. The second kappa shape index (κ2) is 6.13. The highest BCUT2D eigenvalue weighted by Gasteiger charge is 2.11. The van der Waals surface area contributed by atoms with Crippen molar-refractivity contribution in [1.82, 2.24) is 0 Å². The number of fused-ring (bicyclic) bond motifs is 1. The first-order chi connectivity index (χ1) is 11.1. The van der Waals surface area contributed by atoms with Crippen LogP contribution in [0.15, 0.2) is 54.6 Å². The molecular formula is C20H18O3. The Morgan fingerprint density at radius 1 is 0.913 bits per heavy atom. The van der Waals surface area contributed by atoms with Crippen molar-refractivity contribution in [2.45, 2.75) is 6.92 Å². The van der Waals surface area contributed by atoms with Gasteiger partial charge in [0, 0.05) is 0 Å². The first-order valence-electron chi connectivity index (χ1n) is 7.40. The molecule has 0 heterocycles. The zero-order valence-corrected chi connectivity index (χ0v) is 13.4. The molecule has 0 atom stereocenters. The molecule has 0 aliphatic rings. The van der Waals surface area contributed by atoms with Crippen molar-refractivity contribution in [2.24, 2.45) is 0 Å². The molecule has 0 fully saturated rings. The van der Waals surface area contributed by atoms with Crippen LogP contribution >= 0.6 is 0 Å². The Morgan fingerprint density at radius 2 is 1.61 bits per heavy atom. The maximum absolute atomic E-state index is 11.8. The molecule has 0 aliphatic heterocycles. The number of benzene rings is 3. The molecule has 0 N–H and O–H groups in total. The van der Waals surface area contributed by atoms with Gasteiger partial charge in [-0.1, -0.05) is 30.3 Å². The summed E-state index contributed by atoms with van der Waals surface area (Å²) in [7, 11) is 3.05. The molecule has 0 radical (unpaired) electrons. The van der Waals surface area contributed by atoms with Gasteiger partial charge in [0.1, 0.15) is 5.75 Å². The summed E-state index contributed by atoms with van der Waals surface area (Å²) in [6, 6.07) is 17.8. The molecule has 0 aromatic heterocycles. The van der Waals surface area contributed by atoms with E-state index >= 15 is 0 Å². The lowest BCUT2D eigenvalue weighted by molar-refractivity contribution is 0.0601. The number of ether oxygens (including phenoxy) is 2. The van der Waals surface area contributed by atoms with Crippen LogP contribution in [0.2, 0.25) is 0 Å². The molecule has 3 nitrogen and oxygen atoms in total. The van der Waals surface area contributed by atoms with Crippen LogP contribution in [0.5, 0.6) is 5.75 Å². The Hall–Kier alpha value is -2.81. The van der Waals surface area contributed by atoms with Crippen LogP contribution in [-0.4, -0.2) is 20.2 Å². The Balaban J connectivity index is 2.24. The maximum Gasteiger partial charge on any atom is 0.337 e. The molecule has 3 rings (SSSR count). The van der Waals surface area contributed by atoms with Crippen LogP contribution in [0, 0.1) is 6.92 Å². The molecule has 3 heteroatoms. The van der Waals surface area contributed by atoms with Crippen molar-refractivity contribution in [3.05, 3.63) is 65.7 Å². The highest BCUT2D eigenvalue weighted by molar-refractivity contribution is 6.02. The van der Waals surface area contributed by atoms with E-state index in [-0.39, 0.29) is 5.97 Å². The predicted molar refractivity (Wildman–Crippen MR) is 92.0 cm³/mol. The standard InChI is InChI=1S/C20H18O3/c1-13-4-5-14-6-7-16(20(21)23-3)12-18(14)19(13)15-8-10-17(22-2)11-9-15/h4-12H,1-3H3. The number of rotatable bonds is 3. The predicted octanol–water partition coefficient (Wildman–Crippen LogP) is 4.61. The number of hydrogen-bond donors (Lipinski definition) is 0. The van der Waals surface area contributed by atoms with Gasteiger partial charge in [0.25, 0.3) is 0 Å². The molecule has 0 saturated carbocycles. The average Bonchev–Trinajstić information content (AvgIpc) is 2.60. The van der Waals surface area contributed by atoms with E-state index < -0.39 is 0 Å². The quantitative estimate of drug-likeness (QED) is 0.663. The Labute approximate surface area is 135 Å². The highest BCUT2D eigenvalue weighted by atomic mass is 16.5. The summed E-state index contributed by atoms with van der Waals surface area (Å²) in [4.78, 5) is 11.8. The summed E-state index contributed by atoms with van der Waals surface area (Å²) in [6.07, 6.45) is 0. The van der Waals surface area contributed by atoms with E-state index in [1.807, 2.05) is 36.4 Å². The number of aryl methyl sites for hydroxylation is 1. The van der Waals surface area contributed by atoms with Crippen molar-refractivity contribution >= 4 is 16.7 Å². The van der Waals surface area contributed by atoms with Crippen molar-refractivity contribution in [3.63, 3.8) is 0 Å². The average molecular weight is 306 g/mol. The Kier molecular flexibility index (Phi) is 4.02. The molecule has 0 amide bonds. The summed E-state index contributed by atoms with van der Waals surface area (Å²) in [6.45, 7) is 2.07. The van der Waals surface area contributed by atoms with Crippen molar-refractivity contribution < 1.29 is 14.3 Å². The zero-order chi connectivity index (χ0) is 16.4. The van der Waals surface area contributed by atoms with Gasteiger partial charge in [-0.25, -0.2) is 4.79 Å². The third kappa shape index (κ3) is 2.78. The molecule has 0 spiro atoms. The van der Waals surface area contributed by atoms with Gasteiger partial charge in [-0.3, -0.25) is 0 Å². The molecule has 3 aromatic carbocycles. The smallest absolute Gasteiger partial charge is 0.337 e. The normalized spacial score (nSPS) is 10.6. The highest BCUT2D eigenvalue weighted by Crippen LogP contribution is 2.33. The van der Waals surface area contributed by atoms with Gasteiger partial charge < -0.3 is 9.47 Å². The molecular weight excluding hydrogens is 288 g/mol. The number of carbonyl (C=O) groups excluding carboxylic acids is 1. The first-order valence-corrected chi connectivity index (χ1v) is 7.40. The lowest BCUT2D eigenvalue weighted by atomic mass is 9.93. The fourth-order valence-electron chi connectivity index (χ4n) is 2.81. The lowest BCUT2D eigenvalue weighted by Gasteiger charge is -2.12. The van der Waals surface area contributed by atoms with Gasteiger partial charge in [0.05, 0.1) is 19.8 Å². The van der Waals surface area contributed by atoms with Crippen LogP contribution in [0.4, 0.5) is 0 Å². The minimum absolute atomic E-state index is 0.325. The van der Waals surface area contributed by atoms with E-state index in [0.29, 0.717) is 5.56 Å². The summed E-state index contributed by atoms with van der Waals surface area (Å²) < 4.78 is 10.1. The molecule has 23 heavy (non-hydrogen) atoms. The van der Waals surface area contributed by atoms with Gasteiger partial charge in [-0.2, -0.15) is 0 Å². The van der Waals surface area contributed by atoms with E-state index in [1.165, 1.54) is 7.11 Å². The fraction of sp³-hybridized carbons (Fsp3) is 0.150. The lowest BCUT2D eigenvalue weighted by Crippen LogP contribution is -2.01. The number of hydrogen-bond acceptors (Lipinski definition) is 3. The SMILES string of the molecule is COC(=O)c1ccc2ccc(C)c(-c3ccc(OC)cc3)c2c1. The summed E-state index contributed by atoms with van der Waals surface area (Å²) in [5, 5.41) is 2.13. The maximum atomic E-state index is 11.8. The topological polar surface area (TPSA) is 35.5 Å². The van der Waals surface area contributed by atoms with Gasteiger partial charge in [-0.15, -0.1) is 0 Å². The van der Waals surface area contributed by atoms with Crippen molar-refractivity contribution in [3.8, 4) is 16.9 Å². The fourth-order valence-corrected chi connectivity index (χ4v) is 2.81. The zero-order valence-electron chi connectivity index (χ0n) is 13.4. The number of esters is 1. The van der Waals surface area contributed by atoms with Crippen LogP contribution in [0.25, 0.3) is 21.9 Å². The van der Waals surface area contributed by atoms with E-state index in [4.69, 9.17) is 9.47 Å². The van der Waals surface area contributed by atoms with Gasteiger partial charge in [0.2, 0.25) is 0 Å². The largest absolute Gasteiger partial charge is 0.497 e. The monoisotopic (exact) mass is 306 g/mol. The van der Waals surface area contributed by atoms with Crippen LogP contribution in [0.3, 0.4) is 0 Å². The molecule has 0 aliphatic carbocycles. The summed E-state index contributed by atoms with van der Waals surface area (Å²) in [5.41, 5.74) is 3.93. The molecule has 0 saturated heterocycles. The first kappa shape index (κ1) is 15.1. The van der Waals surface area contributed by atoms with Gasteiger partial charge in [0.15, 0.2) is 0 Å². The summed E-state index contributed by atoms with van der Waals surface area (Å²) >= 11 is 0. The second-order valence-electron chi connectivity index (χ2n) is 5.41. The van der Waals surface area contributed by atoms with E-state index in [2.05, 4.69) is 19.1 Å². The third-order valence-corrected chi connectivity index (χ3v) is 4.03. The van der Waals surface area contributed by atoms with Crippen LogP contribution < -0.4 is 4.74 Å². The minimum Gasteiger partial charge on any atom is -0.497 e. The number of methoxy groups -OCH3 is 2. The number of carbonyl (C=O) groups is 1. The third-order valence-electron chi connectivity index (χ3n) is 4.03. The molecule has 116 valence electrons. The molecule has 0 unspecified atom stereocenters. The molecule has 0 bridgehead atoms. The Morgan fingerprint density at radius 3 is 2.26 bits per heavy atom. The van der Waals surface area contributed by atoms with Crippen molar-refractivity contribution in [1.29, 1.82) is 0 Å². The van der Waals surface area contributed by atoms with Gasteiger partial charge in [-0.05, 0) is 58.7 Å². The van der Waals surface area contributed by atoms with Crippen LogP contribution in [0.1, 0.15) is 15.9 Å². The van der Waals surface area contributed by atoms with Gasteiger partial charge >= 0.3 is 5.97 Å². The van der Waals surface area contributed by atoms with Crippen molar-refractivity contribution in [2.75, 3.05) is 14.2 Å². The van der Waals surface area contributed by atoms with E-state index in [0.717, 1.165) is 33.2 Å².